The molecule has 2 aromatic carbocycles. The highest BCUT2D eigenvalue weighted by atomic mass is 79.9. The summed E-state index contributed by atoms with van der Waals surface area (Å²) in [5.41, 5.74) is 3.53. The van der Waals surface area contributed by atoms with E-state index in [0.29, 0.717) is 34.2 Å². The highest BCUT2D eigenvalue weighted by Crippen LogP contribution is 2.24. The molecule has 0 bridgehead atoms. The molecule has 0 N–H and O–H groups in total. The fourth-order valence-electron chi connectivity index (χ4n) is 2.64. The predicted octanol–water partition coefficient (Wildman–Crippen LogP) is 4.87. The van der Waals surface area contributed by atoms with Crippen molar-refractivity contribution in [2.24, 2.45) is 0 Å². The predicted molar refractivity (Wildman–Crippen MR) is 104 cm³/mol. The van der Waals surface area contributed by atoms with Gasteiger partial charge in [0.15, 0.2) is 15.5 Å². The maximum Gasteiger partial charge on any atom is 0.179 e. The maximum atomic E-state index is 6.09. The molecule has 0 unspecified atom stereocenters. The fraction of sp³-hybridized carbons (Fsp3) is 0.105. The van der Waals surface area contributed by atoms with Gasteiger partial charge < -0.3 is 4.74 Å². The molecule has 0 spiro atoms. The van der Waals surface area contributed by atoms with Crippen molar-refractivity contribution in [2.45, 2.75) is 13.2 Å². The Morgan fingerprint density at radius 2 is 1.73 bits per heavy atom. The van der Waals surface area contributed by atoms with Gasteiger partial charge in [-0.25, -0.2) is 15.0 Å². The molecule has 0 saturated heterocycles. The zero-order valence-corrected chi connectivity index (χ0v) is 16.0. The van der Waals surface area contributed by atoms with E-state index in [9.17, 15) is 0 Å². The van der Waals surface area contributed by atoms with Gasteiger partial charge in [0, 0.05) is 0 Å². The Labute approximate surface area is 163 Å². The monoisotopic (exact) mass is 428 g/mol. The van der Waals surface area contributed by atoms with E-state index in [2.05, 4.69) is 30.9 Å². The summed E-state index contributed by atoms with van der Waals surface area (Å²) < 4.78 is 8.44. The normalized spacial score (nSPS) is 11.0. The van der Waals surface area contributed by atoms with Crippen LogP contribution in [0.15, 0.2) is 65.7 Å². The standard InChI is InChI=1S/C19H14BrClN4O/c20-19-24-16-17(21)22-12-23-18(16)25(19)10-13-6-8-15(9-7-13)26-11-14-4-2-1-3-5-14/h1-9,12H,10-11H2. The van der Waals surface area contributed by atoms with Gasteiger partial charge in [0.1, 0.15) is 24.2 Å². The second kappa shape index (κ2) is 7.43. The van der Waals surface area contributed by atoms with Crippen LogP contribution in [0.1, 0.15) is 11.1 Å². The number of rotatable bonds is 5. The molecule has 4 aromatic rings. The molecule has 0 radical (unpaired) electrons. The first-order chi connectivity index (χ1) is 12.7. The highest BCUT2D eigenvalue weighted by Gasteiger charge is 2.13. The van der Waals surface area contributed by atoms with Crippen LogP contribution >= 0.6 is 27.5 Å². The van der Waals surface area contributed by atoms with Crippen molar-refractivity contribution in [2.75, 3.05) is 0 Å². The minimum Gasteiger partial charge on any atom is -0.489 e. The number of ether oxygens (including phenoxy) is 1. The third kappa shape index (κ3) is 3.57. The second-order valence-corrected chi connectivity index (χ2v) is 6.79. The van der Waals surface area contributed by atoms with E-state index < -0.39 is 0 Å². The first kappa shape index (κ1) is 17.0. The molecule has 2 aromatic heterocycles. The Hall–Kier alpha value is -2.44. The summed E-state index contributed by atoms with van der Waals surface area (Å²) in [6, 6.07) is 18.1. The first-order valence-electron chi connectivity index (χ1n) is 7.98. The lowest BCUT2D eigenvalue weighted by atomic mass is 10.2. The fourth-order valence-corrected chi connectivity index (χ4v) is 3.28. The van der Waals surface area contributed by atoms with Gasteiger partial charge in [0.05, 0.1) is 6.54 Å². The van der Waals surface area contributed by atoms with Crippen LogP contribution in [-0.4, -0.2) is 19.5 Å². The molecule has 0 aliphatic carbocycles. The summed E-state index contributed by atoms with van der Waals surface area (Å²) in [7, 11) is 0. The van der Waals surface area contributed by atoms with E-state index in [1.165, 1.54) is 6.33 Å². The molecule has 0 aliphatic heterocycles. The van der Waals surface area contributed by atoms with Crippen LogP contribution in [0.4, 0.5) is 0 Å². The lowest BCUT2D eigenvalue weighted by Gasteiger charge is -2.09. The van der Waals surface area contributed by atoms with Crippen molar-refractivity contribution in [3.05, 3.63) is 81.9 Å². The van der Waals surface area contributed by atoms with Crippen molar-refractivity contribution in [3.63, 3.8) is 0 Å². The minimum absolute atomic E-state index is 0.346. The Morgan fingerprint density at radius 3 is 2.50 bits per heavy atom. The van der Waals surface area contributed by atoms with Crippen LogP contribution in [0.3, 0.4) is 0 Å². The zero-order valence-electron chi connectivity index (χ0n) is 13.6. The third-order valence-corrected chi connectivity index (χ3v) is 4.84. The largest absolute Gasteiger partial charge is 0.489 e. The number of nitrogens with zero attached hydrogens (tertiary/aromatic N) is 4. The van der Waals surface area contributed by atoms with Crippen molar-refractivity contribution in [3.8, 4) is 5.75 Å². The molecule has 0 amide bonds. The summed E-state index contributed by atoms with van der Waals surface area (Å²) in [5, 5.41) is 0.346. The van der Waals surface area contributed by atoms with Gasteiger partial charge >= 0.3 is 0 Å². The van der Waals surface area contributed by atoms with Crippen molar-refractivity contribution >= 4 is 38.7 Å². The summed E-state index contributed by atoms with van der Waals surface area (Å²) in [5.74, 6) is 0.831. The molecule has 7 heteroatoms. The minimum atomic E-state index is 0.346. The molecule has 2 heterocycles. The molecule has 26 heavy (non-hydrogen) atoms. The van der Waals surface area contributed by atoms with E-state index in [1.54, 1.807) is 0 Å². The Bertz CT molecular complexity index is 1030. The van der Waals surface area contributed by atoms with Gasteiger partial charge in [0.25, 0.3) is 0 Å². The summed E-state index contributed by atoms with van der Waals surface area (Å²) >= 11 is 9.55. The van der Waals surface area contributed by atoms with Crippen LogP contribution < -0.4 is 4.74 Å². The first-order valence-corrected chi connectivity index (χ1v) is 9.16. The number of hydrogen-bond acceptors (Lipinski definition) is 4. The van der Waals surface area contributed by atoms with Gasteiger partial charge in [-0.15, -0.1) is 0 Å². The van der Waals surface area contributed by atoms with Gasteiger partial charge in [-0.3, -0.25) is 4.57 Å². The van der Waals surface area contributed by atoms with E-state index in [-0.39, 0.29) is 0 Å². The average Bonchev–Trinajstić information content (AvgIpc) is 2.99. The molecule has 0 aliphatic rings. The van der Waals surface area contributed by atoms with E-state index in [1.807, 2.05) is 59.2 Å². The van der Waals surface area contributed by atoms with Crippen LogP contribution in [0.25, 0.3) is 11.2 Å². The van der Waals surface area contributed by atoms with E-state index in [0.717, 1.165) is 16.9 Å². The van der Waals surface area contributed by atoms with E-state index in [4.69, 9.17) is 16.3 Å². The van der Waals surface area contributed by atoms with Crippen LogP contribution in [0.5, 0.6) is 5.75 Å². The lowest BCUT2D eigenvalue weighted by molar-refractivity contribution is 0.306. The molecule has 4 rings (SSSR count). The van der Waals surface area contributed by atoms with Crippen LogP contribution in [0, 0.1) is 0 Å². The molecule has 0 atom stereocenters. The molecule has 130 valence electrons. The van der Waals surface area contributed by atoms with Crippen LogP contribution in [-0.2, 0) is 13.2 Å². The number of halogens is 2. The molecular formula is C19H14BrClN4O. The third-order valence-electron chi connectivity index (χ3n) is 3.95. The van der Waals surface area contributed by atoms with Gasteiger partial charge in [-0.2, -0.15) is 0 Å². The summed E-state index contributed by atoms with van der Waals surface area (Å²) in [6.45, 7) is 1.16. The van der Waals surface area contributed by atoms with Gasteiger partial charge in [-0.05, 0) is 39.2 Å². The lowest BCUT2D eigenvalue weighted by Crippen LogP contribution is -2.01. The Kier molecular flexibility index (Phi) is 4.86. The van der Waals surface area contributed by atoms with Crippen molar-refractivity contribution < 1.29 is 4.74 Å². The number of benzene rings is 2. The van der Waals surface area contributed by atoms with E-state index >= 15 is 0 Å². The molecule has 0 saturated carbocycles. The summed E-state index contributed by atoms with van der Waals surface area (Å²) in [4.78, 5) is 12.6. The maximum absolute atomic E-state index is 6.09. The SMILES string of the molecule is Clc1ncnc2c1nc(Br)n2Cc1ccc(OCc2ccccc2)cc1. The number of fused-ring (bicyclic) bond motifs is 1. The Morgan fingerprint density at radius 1 is 0.962 bits per heavy atom. The average molecular weight is 430 g/mol. The number of imidazole rings is 1. The highest BCUT2D eigenvalue weighted by molar-refractivity contribution is 9.10. The Balaban J connectivity index is 1.50. The molecule has 5 nitrogen and oxygen atoms in total. The quantitative estimate of drug-likeness (QED) is 0.335. The van der Waals surface area contributed by atoms with Crippen molar-refractivity contribution in [1.82, 2.24) is 19.5 Å². The topological polar surface area (TPSA) is 52.8 Å². The number of aromatic nitrogens is 4. The smallest absolute Gasteiger partial charge is 0.179 e. The van der Waals surface area contributed by atoms with Crippen molar-refractivity contribution in [1.29, 1.82) is 0 Å². The summed E-state index contributed by atoms with van der Waals surface area (Å²) in [6.07, 6.45) is 1.44. The van der Waals surface area contributed by atoms with Gasteiger partial charge in [0.2, 0.25) is 0 Å². The molecular weight excluding hydrogens is 416 g/mol. The zero-order chi connectivity index (χ0) is 17.9. The number of hydrogen-bond donors (Lipinski definition) is 0. The second-order valence-electron chi connectivity index (χ2n) is 5.72. The molecule has 0 fully saturated rings. The van der Waals surface area contributed by atoms with Crippen LogP contribution in [0.2, 0.25) is 5.15 Å². The van der Waals surface area contributed by atoms with Gasteiger partial charge in [-0.1, -0.05) is 54.1 Å².